The molecule has 0 amide bonds. The van der Waals surface area contributed by atoms with Crippen molar-refractivity contribution in [3.8, 4) is 11.5 Å². The van der Waals surface area contributed by atoms with Gasteiger partial charge in [0.05, 0.1) is 4.90 Å². The van der Waals surface area contributed by atoms with Crippen LogP contribution in [0.5, 0.6) is 11.5 Å². The molecular formula is C16H24N2O4S. The van der Waals surface area contributed by atoms with Gasteiger partial charge in [-0.05, 0) is 32.9 Å². The predicted octanol–water partition coefficient (Wildman–Crippen LogP) is 1.56. The predicted molar refractivity (Wildman–Crippen MR) is 87.5 cm³/mol. The van der Waals surface area contributed by atoms with Gasteiger partial charge in [0, 0.05) is 37.8 Å². The van der Waals surface area contributed by atoms with E-state index in [1.807, 2.05) is 0 Å². The maximum atomic E-state index is 12.8. The normalized spacial score (nSPS) is 20.5. The second-order valence-electron chi connectivity index (χ2n) is 6.87. The molecule has 0 aliphatic carbocycles. The Balaban J connectivity index is 1.77. The van der Waals surface area contributed by atoms with Crippen molar-refractivity contribution in [1.29, 1.82) is 0 Å². The summed E-state index contributed by atoms with van der Waals surface area (Å²) in [6.45, 7) is 9.89. The van der Waals surface area contributed by atoms with Crippen LogP contribution in [0.25, 0.3) is 0 Å². The third kappa shape index (κ3) is 3.32. The Hall–Kier alpha value is -1.31. The highest BCUT2D eigenvalue weighted by Crippen LogP contribution is 2.33. The van der Waals surface area contributed by atoms with Gasteiger partial charge in [0.15, 0.2) is 11.5 Å². The molecule has 0 saturated carbocycles. The van der Waals surface area contributed by atoms with Crippen LogP contribution in [0, 0.1) is 0 Å². The fraction of sp³-hybridized carbons (Fsp3) is 0.625. The minimum atomic E-state index is -3.49. The van der Waals surface area contributed by atoms with Gasteiger partial charge in [-0.25, -0.2) is 8.42 Å². The molecule has 0 radical (unpaired) electrons. The number of hydrogen-bond acceptors (Lipinski definition) is 5. The third-order valence-electron chi connectivity index (χ3n) is 4.34. The van der Waals surface area contributed by atoms with Crippen molar-refractivity contribution in [3.63, 3.8) is 0 Å². The van der Waals surface area contributed by atoms with E-state index in [9.17, 15) is 8.42 Å². The second kappa shape index (κ2) is 5.96. The number of fused-ring (bicyclic) bond motifs is 1. The van der Waals surface area contributed by atoms with E-state index in [-0.39, 0.29) is 10.4 Å². The fourth-order valence-corrected chi connectivity index (χ4v) is 4.37. The fourth-order valence-electron chi connectivity index (χ4n) is 2.93. The first-order chi connectivity index (χ1) is 10.8. The lowest BCUT2D eigenvalue weighted by atomic mass is 10.1. The van der Waals surface area contributed by atoms with E-state index in [1.54, 1.807) is 22.5 Å². The molecule has 0 atom stereocenters. The summed E-state index contributed by atoms with van der Waals surface area (Å²) in [5.41, 5.74) is 0.0624. The van der Waals surface area contributed by atoms with Gasteiger partial charge in [-0.3, -0.25) is 4.90 Å². The molecule has 2 aliphatic rings. The van der Waals surface area contributed by atoms with Crippen LogP contribution < -0.4 is 9.47 Å². The molecule has 1 aromatic rings. The minimum absolute atomic E-state index is 0.0624. The van der Waals surface area contributed by atoms with E-state index in [1.165, 1.54) is 0 Å². The molecule has 2 heterocycles. The van der Waals surface area contributed by atoms with Gasteiger partial charge in [0.1, 0.15) is 13.2 Å². The highest BCUT2D eigenvalue weighted by molar-refractivity contribution is 7.89. The van der Waals surface area contributed by atoms with E-state index < -0.39 is 10.0 Å². The molecule has 1 fully saturated rings. The van der Waals surface area contributed by atoms with Crippen molar-refractivity contribution in [2.45, 2.75) is 31.2 Å². The molecule has 0 unspecified atom stereocenters. The Morgan fingerprint density at radius 1 is 0.957 bits per heavy atom. The first kappa shape index (κ1) is 16.5. The Morgan fingerprint density at radius 3 is 2.17 bits per heavy atom. The SMILES string of the molecule is CC(C)(C)N1CCN(S(=O)(=O)c2ccc3c(c2)OCCO3)CC1. The average Bonchev–Trinajstić information content (AvgIpc) is 2.53. The number of benzene rings is 1. The van der Waals surface area contributed by atoms with E-state index in [2.05, 4.69) is 25.7 Å². The number of nitrogens with zero attached hydrogens (tertiary/aromatic N) is 2. The quantitative estimate of drug-likeness (QED) is 0.818. The van der Waals surface area contributed by atoms with Gasteiger partial charge in [-0.1, -0.05) is 0 Å². The first-order valence-electron chi connectivity index (χ1n) is 7.93. The van der Waals surface area contributed by atoms with Crippen LogP contribution in [0.15, 0.2) is 23.1 Å². The summed E-state index contributed by atoms with van der Waals surface area (Å²) < 4.78 is 38.2. The van der Waals surface area contributed by atoms with Crippen molar-refractivity contribution < 1.29 is 17.9 Å². The van der Waals surface area contributed by atoms with Gasteiger partial charge in [-0.2, -0.15) is 4.31 Å². The molecule has 128 valence electrons. The number of piperazine rings is 1. The summed E-state index contributed by atoms with van der Waals surface area (Å²) in [6, 6.07) is 4.84. The smallest absolute Gasteiger partial charge is 0.243 e. The lowest BCUT2D eigenvalue weighted by Gasteiger charge is -2.41. The summed E-state index contributed by atoms with van der Waals surface area (Å²) in [5, 5.41) is 0. The average molecular weight is 340 g/mol. The number of hydrogen-bond donors (Lipinski definition) is 0. The Labute approximate surface area is 138 Å². The largest absolute Gasteiger partial charge is 0.486 e. The van der Waals surface area contributed by atoms with Crippen LogP contribution in [0.3, 0.4) is 0 Å². The third-order valence-corrected chi connectivity index (χ3v) is 6.23. The van der Waals surface area contributed by atoms with Crippen molar-refractivity contribution in [2.75, 3.05) is 39.4 Å². The van der Waals surface area contributed by atoms with Crippen LogP contribution in [-0.4, -0.2) is 62.6 Å². The van der Waals surface area contributed by atoms with Gasteiger partial charge in [-0.15, -0.1) is 0 Å². The van der Waals surface area contributed by atoms with Crippen LogP contribution in [-0.2, 0) is 10.0 Å². The molecule has 0 N–H and O–H groups in total. The van der Waals surface area contributed by atoms with Crippen LogP contribution in [0.2, 0.25) is 0 Å². The molecule has 6 nitrogen and oxygen atoms in total. The molecule has 0 aromatic heterocycles. The second-order valence-corrected chi connectivity index (χ2v) is 8.81. The van der Waals surface area contributed by atoms with Crippen LogP contribution in [0.1, 0.15) is 20.8 Å². The van der Waals surface area contributed by atoms with E-state index in [4.69, 9.17) is 9.47 Å². The monoisotopic (exact) mass is 340 g/mol. The lowest BCUT2D eigenvalue weighted by molar-refractivity contribution is 0.0921. The lowest BCUT2D eigenvalue weighted by Crippen LogP contribution is -2.54. The molecular weight excluding hydrogens is 316 g/mol. The van der Waals surface area contributed by atoms with Crippen molar-refractivity contribution in [1.82, 2.24) is 9.21 Å². The summed E-state index contributed by atoms with van der Waals surface area (Å²) in [4.78, 5) is 2.58. The highest BCUT2D eigenvalue weighted by Gasteiger charge is 2.32. The number of rotatable bonds is 2. The summed E-state index contributed by atoms with van der Waals surface area (Å²) in [6.07, 6.45) is 0. The molecule has 1 saturated heterocycles. The van der Waals surface area contributed by atoms with Crippen molar-refractivity contribution >= 4 is 10.0 Å². The first-order valence-corrected chi connectivity index (χ1v) is 9.37. The van der Waals surface area contributed by atoms with E-state index in [0.29, 0.717) is 37.8 Å². The van der Waals surface area contributed by atoms with Gasteiger partial charge in [0.25, 0.3) is 0 Å². The molecule has 2 aliphatic heterocycles. The zero-order valence-electron chi connectivity index (χ0n) is 13.9. The zero-order valence-corrected chi connectivity index (χ0v) is 14.7. The topological polar surface area (TPSA) is 59.1 Å². The Bertz CT molecular complexity index is 674. The molecule has 0 spiro atoms. The van der Waals surface area contributed by atoms with Crippen LogP contribution >= 0.6 is 0 Å². The van der Waals surface area contributed by atoms with E-state index in [0.717, 1.165) is 13.1 Å². The molecule has 3 rings (SSSR count). The summed E-state index contributed by atoms with van der Waals surface area (Å²) in [7, 11) is -3.49. The minimum Gasteiger partial charge on any atom is -0.486 e. The van der Waals surface area contributed by atoms with Crippen LogP contribution in [0.4, 0.5) is 0 Å². The standard InChI is InChI=1S/C16H24N2O4S/c1-16(2,3)17-6-8-18(9-7-17)23(19,20)13-4-5-14-15(12-13)22-11-10-21-14/h4-5,12H,6-11H2,1-3H3. The molecule has 23 heavy (non-hydrogen) atoms. The van der Waals surface area contributed by atoms with Gasteiger partial charge < -0.3 is 9.47 Å². The molecule has 7 heteroatoms. The Morgan fingerprint density at radius 2 is 1.57 bits per heavy atom. The van der Waals surface area contributed by atoms with Gasteiger partial charge >= 0.3 is 0 Å². The number of ether oxygens (including phenoxy) is 2. The summed E-state index contributed by atoms with van der Waals surface area (Å²) >= 11 is 0. The maximum absolute atomic E-state index is 12.8. The zero-order chi connectivity index (χ0) is 16.7. The maximum Gasteiger partial charge on any atom is 0.243 e. The Kier molecular flexibility index (Phi) is 4.29. The highest BCUT2D eigenvalue weighted by atomic mass is 32.2. The van der Waals surface area contributed by atoms with Crippen molar-refractivity contribution in [3.05, 3.63) is 18.2 Å². The van der Waals surface area contributed by atoms with Crippen molar-refractivity contribution in [2.24, 2.45) is 0 Å². The molecule has 0 bridgehead atoms. The van der Waals surface area contributed by atoms with E-state index >= 15 is 0 Å². The molecule has 1 aromatic carbocycles. The summed E-state index contributed by atoms with van der Waals surface area (Å²) in [5.74, 6) is 1.11. The van der Waals surface area contributed by atoms with Gasteiger partial charge in [0.2, 0.25) is 10.0 Å². The number of sulfonamides is 1.